The van der Waals surface area contributed by atoms with E-state index in [0.717, 1.165) is 41.9 Å². The number of carbonyl (C=O) groups excluding carboxylic acids is 1. The van der Waals surface area contributed by atoms with E-state index in [1.807, 2.05) is 18.2 Å². The Hall–Kier alpha value is -2.69. The second-order valence-corrected chi connectivity index (χ2v) is 6.85. The molecule has 5 heteroatoms. The van der Waals surface area contributed by atoms with Crippen LogP contribution in [-0.2, 0) is 11.3 Å². The van der Waals surface area contributed by atoms with E-state index >= 15 is 0 Å². The molecule has 1 aliphatic rings. The molecular weight excluding hydrogens is 329 g/mol. The monoisotopic (exact) mass is 351 g/mol. The summed E-state index contributed by atoms with van der Waals surface area (Å²) in [6.45, 7) is 3.67. The molecule has 0 saturated carbocycles. The van der Waals surface area contributed by atoms with Crippen LogP contribution in [0.1, 0.15) is 37.9 Å². The fourth-order valence-corrected chi connectivity index (χ4v) is 3.71. The molecule has 0 bridgehead atoms. The van der Waals surface area contributed by atoms with Crippen molar-refractivity contribution in [3.8, 4) is 0 Å². The van der Waals surface area contributed by atoms with Crippen LogP contribution in [0.2, 0.25) is 0 Å². The summed E-state index contributed by atoms with van der Waals surface area (Å²) in [4.78, 5) is 19.2. The smallest absolute Gasteiger partial charge is 0.227 e. The maximum atomic E-state index is 13.2. The first-order valence-electron chi connectivity index (χ1n) is 9.18. The van der Waals surface area contributed by atoms with Crippen molar-refractivity contribution in [3.63, 3.8) is 0 Å². The first-order valence-corrected chi connectivity index (χ1v) is 9.18. The second kappa shape index (κ2) is 6.90. The van der Waals surface area contributed by atoms with Crippen LogP contribution in [0, 0.1) is 5.82 Å². The highest BCUT2D eigenvalue weighted by atomic mass is 19.1. The van der Waals surface area contributed by atoms with Crippen LogP contribution in [-0.4, -0.2) is 22.0 Å². The van der Waals surface area contributed by atoms with Gasteiger partial charge >= 0.3 is 0 Å². The molecule has 1 amide bonds. The molecule has 2 aromatic carbocycles. The lowest BCUT2D eigenvalue weighted by Gasteiger charge is -2.17. The van der Waals surface area contributed by atoms with Gasteiger partial charge in [-0.05, 0) is 42.8 Å². The predicted octanol–water partition coefficient (Wildman–Crippen LogP) is 4.50. The Morgan fingerprint density at radius 1 is 1.15 bits per heavy atom. The van der Waals surface area contributed by atoms with Crippen molar-refractivity contribution in [2.75, 3.05) is 11.4 Å². The fraction of sp³-hybridized carbons (Fsp3) is 0.333. The topological polar surface area (TPSA) is 38.1 Å². The minimum atomic E-state index is -0.293. The van der Waals surface area contributed by atoms with Gasteiger partial charge in [-0.25, -0.2) is 9.37 Å². The molecule has 0 aliphatic carbocycles. The molecule has 134 valence electrons. The molecule has 1 aliphatic heterocycles. The number of hydrogen-bond donors (Lipinski definition) is 0. The highest BCUT2D eigenvalue weighted by Crippen LogP contribution is 2.33. The number of carbonyl (C=O) groups is 1. The average molecular weight is 351 g/mol. The van der Waals surface area contributed by atoms with Gasteiger partial charge in [0.2, 0.25) is 5.91 Å². The molecule has 0 spiro atoms. The first kappa shape index (κ1) is 16.8. The van der Waals surface area contributed by atoms with Crippen LogP contribution in [0.5, 0.6) is 0 Å². The van der Waals surface area contributed by atoms with Gasteiger partial charge < -0.3 is 9.47 Å². The van der Waals surface area contributed by atoms with Crippen molar-refractivity contribution < 1.29 is 9.18 Å². The van der Waals surface area contributed by atoms with Gasteiger partial charge in [0.15, 0.2) is 0 Å². The Morgan fingerprint density at radius 3 is 2.69 bits per heavy atom. The zero-order valence-electron chi connectivity index (χ0n) is 14.9. The molecule has 1 unspecified atom stereocenters. The van der Waals surface area contributed by atoms with E-state index in [0.29, 0.717) is 13.0 Å². The van der Waals surface area contributed by atoms with Crippen LogP contribution in [0.15, 0.2) is 48.5 Å². The Labute approximate surface area is 152 Å². The SMILES string of the molecule is CCCCn1c(C2CC(=O)N(c3ccc(F)cc3)C2)nc2ccccc21. The minimum absolute atomic E-state index is 0.0526. The number of hydrogen-bond acceptors (Lipinski definition) is 2. The molecular formula is C21H22FN3O. The lowest BCUT2D eigenvalue weighted by molar-refractivity contribution is -0.117. The maximum absolute atomic E-state index is 13.2. The third-order valence-corrected chi connectivity index (χ3v) is 5.05. The van der Waals surface area contributed by atoms with E-state index in [2.05, 4.69) is 17.6 Å². The van der Waals surface area contributed by atoms with Crippen molar-refractivity contribution in [1.29, 1.82) is 0 Å². The summed E-state index contributed by atoms with van der Waals surface area (Å²) in [5.41, 5.74) is 2.85. The molecule has 1 atom stereocenters. The number of imidazole rings is 1. The summed E-state index contributed by atoms with van der Waals surface area (Å²) in [6, 6.07) is 14.3. The standard InChI is InChI=1S/C21H22FN3O/c1-2-3-12-24-19-7-5-4-6-18(19)23-21(24)15-13-20(26)25(14-15)17-10-8-16(22)9-11-17/h4-11,15H,2-3,12-14H2,1H3. The van der Waals surface area contributed by atoms with E-state index in [9.17, 15) is 9.18 Å². The summed E-state index contributed by atoms with van der Waals surface area (Å²) in [5, 5.41) is 0. The van der Waals surface area contributed by atoms with Crippen molar-refractivity contribution in [3.05, 3.63) is 60.2 Å². The van der Waals surface area contributed by atoms with Gasteiger partial charge in [0, 0.05) is 31.1 Å². The van der Waals surface area contributed by atoms with Gasteiger partial charge in [-0.2, -0.15) is 0 Å². The summed E-state index contributed by atoms with van der Waals surface area (Å²) in [5.74, 6) is 0.809. The fourth-order valence-electron chi connectivity index (χ4n) is 3.71. The Bertz CT molecular complexity index is 932. The van der Waals surface area contributed by atoms with E-state index < -0.39 is 0 Å². The van der Waals surface area contributed by atoms with Gasteiger partial charge in [-0.3, -0.25) is 4.79 Å². The number of fused-ring (bicyclic) bond motifs is 1. The number of aromatic nitrogens is 2. The number of rotatable bonds is 5. The summed E-state index contributed by atoms with van der Waals surface area (Å²) in [7, 11) is 0. The van der Waals surface area contributed by atoms with Crippen molar-refractivity contribution in [1.82, 2.24) is 9.55 Å². The quantitative estimate of drug-likeness (QED) is 0.679. The molecule has 1 saturated heterocycles. The number of aryl methyl sites for hydroxylation is 1. The molecule has 0 N–H and O–H groups in total. The van der Waals surface area contributed by atoms with Gasteiger partial charge in [0.1, 0.15) is 11.6 Å². The molecule has 1 aromatic heterocycles. The van der Waals surface area contributed by atoms with Gasteiger partial charge in [0.25, 0.3) is 0 Å². The van der Waals surface area contributed by atoms with E-state index in [1.165, 1.54) is 12.1 Å². The largest absolute Gasteiger partial charge is 0.328 e. The first-order chi connectivity index (χ1) is 12.7. The van der Waals surface area contributed by atoms with Crippen LogP contribution in [0.25, 0.3) is 11.0 Å². The molecule has 0 radical (unpaired) electrons. The molecule has 1 fully saturated rings. The maximum Gasteiger partial charge on any atom is 0.227 e. The third kappa shape index (κ3) is 2.98. The van der Waals surface area contributed by atoms with E-state index in [4.69, 9.17) is 4.98 Å². The lowest BCUT2D eigenvalue weighted by atomic mass is 10.1. The van der Waals surface area contributed by atoms with Crippen molar-refractivity contribution >= 4 is 22.6 Å². The lowest BCUT2D eigenvalue weighted by Crippen LogP contribution is -2.24. The summed E-state index contributed by atoms with van der Waals surface area (Å²) >= 11 is 0. The number of para-hydroxylation sites is 2. The summed E-state index contributed by atoms with van der Waals surface area (Å²) < 4.78 is 15.5. The number of unbranched alkanes of at least 4 members (excludes halogenated alkanes) is 1. The zero-order valence-corrected chi connectivity index (χ0v) is 14.9. The molecule has 3 aromatic rings. The van der Waals surface area contributed by atoms with Crippen molar-refractivity contribution in [2.24, 2.45) is 0 Å². The molecule has 2 heterocycles. The third-order valence-electron chi connectivity index (χ3n) is 5.05. The Balaban J connectivity index is 1.67. The van der Waals surface area contributed by atoms with Gasteiger partial charge in [-0.15, -0.1) is 0 Å². The van der Waals surface area contributed by atoms with Crippen molar-refractivity contribution in [2.45, 2.75) is 38.6 Å². The number of benzene rings is 2. The van der Waals surface area contributed by atoms with Crippen LogP contribution in [0.3, 0.4) is 0 Å². The highest BCUT2D eigenvalue weighted by Gasteiger charge is 2.34. The van der Waals surface area contributed by atoms with E-state index in [1.54, 1.807) is 17.0 Å². The second-order valence-electron chi connectivity index (χ2n) is 6.85. The van der Waals surface area contributed by atoms with Gasteiger partial charge in [-0.1, -0.05) is 25.5 Å². The number of amides is 1. The Morgan fingerprint density at radius 2 is 1.92 bits per heavy atom. The molecule has 4 rings (SSSR count). The van der Waals surface area contributed by atoms with Crippen LogP contribution < -0.4 is 4.90 Å². The zero-order chi connectivity index (χ0) is 18.1. The normalized spacial score (nSPS) is 17.4. The number of anilines is 1. The van der Waals surface area contributed by atoms with E-state index in [-0.39, 0.29) is 17.6 Å². The average Bonchev–Trinajstić information content (AvgIpc) is 3.21. The molecule has 4 nitrogen and oxygen atoms in total. The van der Waals surface area contributed by atoms with Gasteiger partial charge in [0.05, 0.1) is 11.0 Å². The predicted molar refractivity (Wildman–Crippen MR) is 101 cm³/mol. The minimum Gasteiger partial charge on any atom is -0.328 e. The summed E-state index contributed by atoms with van der Waals surface area (Å²) in [6.07, 6.45) is 2.62. The van der Waals surface area contributed by atoms with Crippen LogP contribution >= 0.6 is 0 Å². The Kier molecular flexibility index (Phi) is 4.45. The highest BCUT2D eigenvalue weighted by molar-refractivity contribution is 5.96. The molecule has 26 heavy (non-hydrogen) atoms. The number of nitrogens with zero attached hydrogens (tertiary/aromatic N) is 3. The van der Waals surface area contributed by atoms with Crippen LogP contribution in [0.4, 0.5) is 10.1 Å². The number of halogens is 1.